The van der Waals surface area contributed by atoms with Gasteiger partial charge in [-0.2, -0.15) is 0 Å². The van der Waals surface area contributed by atoms with E-state index in [9.17, 15) is 0 Å². The summed E-state index contributed by atoms with van der Waals surface area (Å²) in [7, 11) is 4.27. The first-order valence-corrected chi connectivity index (χ1v) is 7.06. The minimum absolute atomic E-state index is 0.0121. The molecule has 2 atom stereocenters. The first-order chi connectivity index (χ1) is 8.44. The molecule has 4 nitrogen and oxygen atoms in total. The lowest BCUT2D eigenvalue weighted by molar-refractivity contribution is -0.0900. The summed E-state index contributed by atoms with van der Waals surface area (Å²) in [5.41, 5.74) is 0.204. The van der Waals surface area contributed by atoms with E-state index in [1.165, 1.54) is 0 Å². The average Bonchev–Trinajstić information content (AvgIpc) is 2.75. The predicted molar refractivity (Wildman–Crippen MR) is 72.9 cm³/mol. The van der Waals surface area contributed by atoms with Crippen LogP contribution in [0, 0.1) is 0 Å². The Morgan fingerprint density at radius 3 is 2.72 bits per heavy atom. The fraction of sp³-hybridized carbons (Fsp3) is 1.00. The molecule has 18 heavy (non-hydrogen) atoms. The topological polar surface area (TPSA) is 33.7 Å². The normalized spacial score (nSPS) is 33.5. The average molecular weight is 256 g/mol. The highest BCUT2D eigenvalue weighted by molar-refractivity contribution is 4.94. The van der Waals surface area contributed by atoms with E-state index in [0.29, 0.717) is 6.04 Å². The molecule has 1 N–H and O–H groups in total. The van der Waals surface area contributed by atoms with Gasteiger partial charge in [-0.1, -0.05) is 0 Å². The number of ether oxygens (including phenoxy) is 2. The Balaban J connectivity index is 1.83. The van der Waals surface area contributed by atoms with Gasteiger partial charge in [0.05, 0.1) is 12.2 Å². The maximum atomic E-state index is 5.96. The van der Waals surface area contributed by atoms with Crippen LogP contribution in [0.4, 0.5) is 0 Å². The van der Waals surface area contributed by atoms with Gasteiger partial charge in [-0.05, 0) is 40.8 Å². The molecule has 0 aromatic rings. The molecule has 2 heterocycles. The van der Waals surface area contributed by atoms with Crippen LogP contribution in [-0.2, 0) is 9.47 Å². The molecule has 0 amide bonds. The highest BCUT2D eigenvalue weighted by Gasteiger charge is 2.41. The second kappa shape index (κ2) is 5.45. The largest absolute Gasteiger partial charge is 0.378 e. The highest BCUT2D eigenvalue weighted by Crippen LogP contribution is 2.32. The second-order valence-corrected chi connectivity index (χ2v) is 6.61. The van der Waals surface area contributed by atoms with Crippen molar-refractivity contribution in [1.82, 2.24) is 10.2 Å². The number of nitrogens with one attached hydrogen (secondary N) is 1. The van der Waals surface area contributed by atoms with Crippen LogP contribution in [0.25, 0.3) is 0 Å². The van der Waals surface area contributed by atoms with E-state index in [1.54, 1.807) is 0 Å². The Morgan fingerprint density at radius 1 is 1.33 bits per heavy atom. The van der Waals surface area contributed by atoms with Crippen molar-refractivity contribution in [2.45, 2.75) is 50.3 Å². The molecule has 4 heteroatoms. The number of hydrogen-bond acceptors (Lipinski definition) is 4. The van der Waals surface area contributed by atoms with Gasteiger partial charge in [-0.25, -0.2) is 0 Å². The van der Waals surface area contributed by atoms with Gasteiger partial charge in [-0.15, -0.1) is 0 Å². The van der Waals surface area contributed by atoms with Crippen molar-refractivity contribution in [1.29, 1.82) is 0 Å². The summed E-state index contributed by atoms with van der Waals surface area (Å²) in [6, 6.07) is 0.569. The maximum Gasteiger partial charge on any atom is 0.0951 e. The van der Waals surface area contributed by atoms with E-state index in [2.05, 4.69) is 38.2 Å². The highest BCUT2D eigenvalue weighted by atomic mass is 16.6. The van der Waals surface area contributed by atoms with Crippen LogP contribution in [0.15, 0.2) is 0 Å². The Hall–Kier alpha value is -0.160. The molecule has 2 fully saturated rings. The van der Waals surface area contributed by atoms with Gasteiger partial charge < -0.3 is 19.7 Å². The summed E-state index contributed by atoms with van der Waals surface area (Å²) in [4.78, 5) is 2.27. The predicted octanol–water partition coefficient (Wildman–Crippen LogP) is 1.25. The Morgan fingerprint density at radius 2 is 2.11 bits per heavy atom. The molecule has 0 aromatic carbocycles. The van der Waals surface area contributed by atoms with E-state index in [1.807, 2.05) is 0 Å². The number of likely N-dealkylation sites (N-methyl/N-ethyl adjacent to an activating group) is 1. The lowest BCUT2D eigenvalue weighted by Crippen LogP contribution is -2.53. The van der Waals surface area contributed by atoms with Gasteiger partial charge >= 0.3 is 0 Å². The minimum atomic E-state index is 0.0121. The van der Waals surface area contributed by atoms with E-state index in [0.717, 1.165) is 45.6 Å². The van der Waals surface area contributed by atoms with Crippen LogP contribution in [0.3, 0.4) is 0 Å². The molecule has 0 radical (unpaired) electrons. The van der Waals surface area contributed by atoms with Crippen molar-refractivity contribution in [3.63, 3.8) is 0 Å². The fourth-order valence-electron chi connectivity index (χ4n) is 2.62. The van der Waals surface area contributed by atoms with E-state index < -0.39 is 0 Å². The summed E-state index contributed by atoms with van der Waals surface area (Å²) in [6.45, 7) is 8.06. The number of rotatable bonds is 4. The van der Waals surface area contributed by atoms with Gasteiger partial charge in [0, 0.05) is 37.8 Å². The van der Waals surface area contributed by atoms with Crippen molar-refractivity contribution in [3.8, 4) is 0 Å². The monoisotopic (exact) mass is 256 g/mol. The zero-order valence-electron chi connectivity index (χ0n) is 12.3. The quantitative estimate of drug-likeness (QED) is 0.821. The number of nitrogens with zero attached hydrogens (tertiary/aromatic N) is 1. The lowest BCUT2D eigenvalue weighted by Gasteiger charge is -2.40. The van der Waals surface area contributed by atoms with Crippen LogP contribution >= 0.6 is 0 Å². The van der Waals surface area contributed by atoms with Crippen LogP contribution in [-0.4, -0.2) is 62.5 Å². The van der Waals surface area contributed by atoms with Crippen molar-refractivity contribution in [2.75, 3.05) is 40.5 Å². The summed E-state index contributed by atoms with van der Waals surface area (Å²) < 4.78 is 11.5. The summed E-state index contributed by atoms with van der Waals surface area (Å²) in [5, 5.41) is 3.72. The molecule has 0 aliphatic carbocycles. The van der Waals surface area contributed by atoms with E-state index >= 15 is 0 Å². The molecule has 0 saturated carbocycles. The van der Waals surface area contributed by atoms with E-state index in [-0.39, 0.29) is 11.1 Å². The summed E-state index contributed by atoms with van der Waals surface area (Å²) in [6.07, 6.45) is 3.27. The Bertz CT molecular complexity index is 273. The fourth-order valence-corrected chi connectivity index (χ4v) is 2.62. The molecular weight excluding hydrogens is 228 g/mol. The smallest absolute Gasteiger partial charge is 0.0951 e. The molecule has 2 aliphatic heterocycles. The second-order valence-electron chi connectivity index (χ2n) is 6.61. The molecule has 2 saturated heterocycles. The molecule has 2 aliphatic rings. The first-order valence-electron chi connectivity index (χ1n) is 7.06. The zero-order valence-corrected chi connectivity index (χ0v) is 12.3. The van der Waals surface area contributed by atoms with Gasteiger partial charge in [0.2, 0.25) is 0 Å². The summed E-state index contributed by atoms with van der Waals surface area (Å²) >= 11 is 0. The third kappa shape index (κ3) is 3.23. The van der Waals surface area contributed by atoms with Crippen molar-refractivity contribution in [3.05, 3.63) is 0 Å². The van der Waals surface area contributed by atoms with Crippen molar-refractivity contribution in [2.24, 2.45) is 0 Å². The lowest BCUT2D eigenvalue weighted by atomic mass is 9.89. The standard InChI is InChI=1S/C14H28N2O2/c1-13(2,16(3)4)10-15-12-5-7-18-14(9-12)6-8-17-11-14/h12,15H,5-11H2,1-4H3. The van der Waals surface area contributed by atoms with Crippen LogP contribution < -0.4 is 5.32 Å². The number of hydrogen-bond donors (Lipinski definition) is 1. The third-order valence-corrected chi connectivity index (χ3v) is 4.59. The van der Waals surface area contributed by atoms with Crippen molar-refractivity contribution < 1.29 is 9.47 Å². The molecule has 0 bridgehead atoms. The molecule has 1 spiro atoms. The Labute approximate surface area is 111 Å². The first kappa shape index (κ1) is 14.3. The Kier molecular flexibility index (Phi) is 4.32. The van der Waals surface area contributed by atoms with Gasteiger partial charge in [0.1, 0.15) is 0 Å². The molecule has 2 unspecified atom stereocenters. The van der Waals surface area contributed by atoms with Crippen LogP contribution in [0.1, 0.15) is 33.1 Å². The molecule has 106 valence electrons. The third-order valence-electron chi connectivity index (χ3n) is 4.59. The van der Waals surface area contributed by atoms with Crippen LogP contribution in [0.2, 0.25) is 0 Å². The van der Waals surface area contributed by atoms with E-state index in [4.69, 9.17) is 9.47 Å². The van der Waals surface area contributed by atoms with Crippen LogP contribution in [0.5, 0.6) is 0 Å². The molecular formula is C14H28N2O2. The molecule has 0 aromatic heterocycles. The van der Waals surface area contributed by atoms with Gasteiger partial charge in [0.15, 0.2) is 0 Å². The van der Waals surface area contributed by atoms with Gasteiger partial charge in [0.25, 0.3) is 0 Å². The zero-order chi connectivity index (χ0) is 13.2. The minimum Gasteiger partial charge on any atom is -0.378 e. The summed E-state index contributed by atoms with van der Waals surface area (Å²) in [5.74, 6) is 0. The SMILES string of the molecule is CN(C)C(C)(C)CNC1CCOC2(CCOC2)C1. The maximum absolute atomic E-state index is 5.96. The van der Waals surface area contributed by atoms with Crippen molar-refractivity contribution >= 4 is 0 Å². The molecule has 2 rings (SSSR count). The van der Waals surface area contributed by atoms with Gasteiger partial charge in [-0.3, -0.25) is 0 Å².